The molecule has 1 saturated carbocycles. The Morgan fingerprint density at radius 3 is 2.55 bits per heavy atom. The Labute approximate surface area is 245 Å². The third-order valence-corrected chi connectivity index (χ3v) is 8.97. The summed E-state index contributed by atoms with van der Waals surface area (Å²) >= 11 is 0. The maximum atomic E-state index is 13.9. The smallest absolute Gasteiger partial charge is 0.419 e. The summed E-state index contributed by atoms with van der Waals surface area (Å²) in [5, 5.41) is 5.69. The van der Waals surface area contributed by atoms with E-state index in [1.165, 1.54) is 24.8 Å². The average molecular weight is 616 g/mol. The van der Waals surface area contributed by atoms with Gasteiger partial charge in [0.1, 0.15) is 5.75 Å². The van der Waals surface area contributed by atoms with Gasteiger partial charge in [0.2, 0.25) is 16.0 Å². The summed E-state index contributed by atoms with van der Waals surface area (Å²) in [6.45, 7) is 2.41. The molecule has 2 aromatic rings. The van der Waals surface area contributed by atoms with Crippen molar-refractivity contribution in [2.45, 2.75) is 64.1 Å². The lowest BCUT2D eigenvalue weighted by Gasteiger charge is -2.36. The molecular weight excluding hydrogens is 575 g/mol. The van der Waals surface area contributed by atoms with Crippen molar-refractivity contribution >= 4 is 27.6 Å². The summed E-state index contributed by atoms with van der Waals surface area (Å²) in [6.07, 6.45) is 1.78. The van der Waals surface area contributed by atoms with Gasteiger partial charge in [-0.15, -0.1) is 0 Å². The zero-order valence-electron chi connectivity index (χ0n) is 24.7. The Hall–Kier alpha value is -2.97. The van der Waals surface area contributed by atoms with E-state index in [9.17, 15) is 26.4 Å². The molecule has 1 aromatic carbocycles. The van der Waals surface area contributed by atoms with Crippen LogP contribution in [0.25, 0.3) is 0 Å². The molecule has 14 heteroatoms. The molecule has 0 radical (unpaired) electrons. The second-order valence-electron chi connectivity index (χ2n) is 10.6. The minimum absolute atomic E-state index is 0.0413. The SMILES string of the molecule is COCCNC(=O)c1cc(OC)c(Nc2ncc(C(F)(F)F)c(CCC[C@@H]3CCCC[C@H]3N(C)S(C)(=O)=O)n2)cc1C. The predicted octanol–water partition coefficient (Wildman–Crippen LogP) is 4.71. The number of ether oxygens (including phenoxy) is 2. The molecule has 1 aliphatic carbocycles. The second kappa shape index (κ2) is 14.5. The summed E-state index contributed by atoms with van der Waals surface area (Å²) in [7, 11) is 1.14. The van der Waals surface area contributed by atoms with E-state index in [1.54, 1.807) is 26.1 Å². The summed E-state index contributed by atoms with van der Waals surface area (Å²) in [4.78, 5) is 20.7. The maximum absolute atomic E-state index is 13.9. The van der Waals surface area contributed by atoms with E-state index >= 15 is 0 Å². The molecule has 1 heterocycles. The number of methoxy groups -OCH3 is 2. The maximum Gasteiger partial charge on any atom is 0.419 e. The van der Waals surface area contributed by atoms with E-state index in [2.05, 4.69) is 20.6 Å². The number of sulfonamides is 1. The van der Waals surface area contributed by atoms with Crippen LogP contribution in [0.2, 0.25) is 0 Å². The lowest BCUT2D eigenvalue weighted by Crippen LogP contribution is -2.43. The van der Waals surface area contributed by atoms with Crippen LogP contribution in [0.3, 0.4) is 0 Å². The third kappa shape index (κ3) is 8.77. The van der Waals surface area contributed by atoms with Gasteiger partial charge in [-0.25, -0.2) is 22.7 Å². The topological polar surface area (TPSA) is 123 Å². The number of carbonyl (C=O) groups is 1. The van der Waals surface area contributed by atoms with Crippen molar-refractivity contribution in [2.75, 3.05) is 46.0 Å². The van der Waals surface area contributed by atoms with Crippen molar-refractivity contribution in [3.05, 3.63) is 40.7 Å². The monoisotopic (exact) mass is 615 g/mol. The van der Waals surface area contributed by atoms with E-state index in [0.717, 1.165) is 31.9 Å². The van der Waals surface area contributed by atoms with Gasteiger partial charge < -0.3 is 20.1 Å². The zero-order chi connectivity index (χ0) is 31.1. The van der Waals surface area contributed by atoms with E-state index < -0.39 is 21.8 Å². The summed E-state index contributed by atoms with van der Waals surface area (Å²) in [5.74, 6) is -0.00341. The molecule has 234 valence electrons. The van der Waals surface area contributed by atoms with Crippen molar-refractivity contribution in [2.24, 2.45) is 5.92 Å². The number of benzene rings is 1. The van der Waals surface area contributed by atoms with Crippen LogP contribution >= 0.6 is 0 Å². The molecule has 1 aliphatic rings. The number of carbonyl (C=O) groups excluding carboxylic acids is 1. The number of aryl methyl sites for hydroxylation is 2. The molecule has 42 heavy (non-hydrogen) atoms. The summed E-state index contributed by atoms with van der Waals surface area (Å²) in [6, 6.07) is 3.02. The van der Waals surface area contributed by atoms with Crippen molar-refractivity contribution < 1.29 is 35.9 Å². The number of halogens is 3. The molecular formula is C28H40F3N5O5S. The molecule has 2 N–H and O–H groups in total. The van der Waals surface area contributed by atoms with Gasteiger partial charge in [0.15, 0.2) is 0 Å². The standard InChI is InChI=1S/C28H40F3N5O5S/c1-18-15-23(25(41-4)16-20(18)26(37)32-13-14-40-3)35-27-33-17-21(28(29,30)31)22(34-27)11-8-10-19-9-6-7-12-24(19)36(2)42(5,38)39/h15-17,19,24H,6-14H2,1-5H3,(H,32,37)(H,33,34,35)/t19-,24+/m0/s1. The first-order chi connectivity index (χ1) is 19.8. The van der Waals surface area contributed by atoms with Crippen molar-refractivity contribution in [3.63, 3.8) is 0 Å². The van der Waals surface area contributed by atoms with Crippen LogP contribution in [0.4, 0.5) is 24.8 Å². The molecule has 3 rings (SSSR count). The van der Waals surface area contributed by atoms with Gasteiger partial charge in [0.25, 0.3) is 5.91 Å². The first kappa shape index (κ1) is 33.5. The zero-order valence-corrected chi connectivity index (χ0v) is 25.5. The van der Waals surface area contributed by atoms with Crippen molar-refractivity contribution in [1.82, 2.24) is 19.6 Å². The summed E-state index contributed by atoms with van der Waals surface area (Å²) < 4.78 is 77.6. The Kier molecular flexibility index (Phi) is 11.6. The van der Waals surface area contributed by atoms with Crippen LogP contribution in [-0.4, -0.2) is 75.3 Å². The van der Waals surface area contributed by atoms with Gasteiger partial charge in [-0.2, -0.15) is 13.2 Å². The van der Waals surface area contributed by atoms with E-state index in [4.69, 9.17) is 9.47 Å². The Balaban J connectivity index is 1.80. The Morgan fingerprint density at radius 2 is 1.90 bits per heavy atom. The van der Waals surface area contributed by atoms with Crippen molar-refractivity contribution in [1.29, 1.82) is 0 Å². The molecule has 0 aliphatic heterocycles. The van der Waals surface area contributed by atoms with E-state index in [0.29, 0.717) is 48.6 Å². The first-order valence-corrected chi connectivity index (χ1v) is 15.7. The number of hydrogen-bond donors (Lipinski definition) is 2. The lowest BCUT2D eigenvalue weighted by atomic mass is 9.81. The van der Waals surface area contributed by atoms with Gasteiger partial charge in [-0.3, -0.25) is 4.79 Å². The molecule has 0 unspecified atom stereocenters. The Bertz CT molecular complexity index is 1340. The minimum Gasteiger partial charge on any atom is -0.495 e. The molecule has 0 bridgehead atoms. The lowest BCUT2D eigenvalue weighted by molar-refractivity contribution is -0.138. The quantitative estimate of drug-likeness (QED) is 0.311. The molecule has 10 nitrogen and oxygen atoms in total. The van der Waals surface area contributed by atoms with Gasteiger partial charge in [0, 0.05) is 38.5 Å². The normalized spacial score (nSPS) is 17.7. The first-order valence-electron chi connectivity index (χ1n) is 13.8. The average Bonchev–Trinajstić information content (AvgIpc) is 2.92. The van der Waals surface area contributed by atoms with Gasteiger partial charge in [0.05, 0.1) is 36.9 Å². The fourth-order valence-corrected chi connectivity index (χ4v) is 6.14. The van der Waals surface area contributed by atoms with E-state index in [-0.39, 0.29) is 35.9 Å². The van der Waals surface area contributed by atoms with Gasteiger partial charge in [-0.05, 0) is 62.6 Å². The number of nitrogens with one attached hydrogen (secondary N) is 2. The predicted molar refractivity (Wildman–Crippen MR) is 154 cm³/mol. The Morgan fingerprint density at radius 1 is 1.19 bits per heavy atom. The highest BCUT2D eigenvalue weighted by Crippen LogP contribution is 2.36. The number of aromatic nitrogens is 2. The largest absolute Gasteiger partial charge is 0.495 e. The van der Waals surface area contributed by atoms with Crippen LogP contribution in [0.1, 0.15) is 65.7 Å². The van der Waals surface area contributed by atoms with Crippen molar-refractivity contribution in [3.8, 4) is 5.75 Å². The molecule has 2 atom stereocenters. The molecule has 1 amide bonds. The number of nitrogens with zero attached hydrogens (tertiary/aromatic N) is 3. The highest BCUT2D eigenvalue weighted by molar-refractivity contribution is 7.88. The van der Waals surface area contributed by atoms with Crippen LogP contribution in [0, 0.1) is 12.8 Å². The fraction of sp³-hybridized carbons (Fsp3) is 0.607. The molecule has 0 spiro atoms. The number of alkyl halides is 3. The van der Waals surface area contributed by atoms with Crippen LogP contribution in [0.15, 0.2) is 18.3 Å². The fourth-order valence-electron chi connectivity index (χ4n) is 5.37. The number of amides is 1. The third-order valence-electron chi connectivity index (χ3n) is 7.65. The summed E-state index contributed by atoms with van der Waals surface area (Å²) in [5.41, 5.74) is 0.330. The van der Waals surface area contributed by atoms with Crippen LogP contribution < -0.4 is 15.4 Å². The molecule has 0 saturated heterocycles. The minimum atomic E-state index is -4.64. The van der Waals surface area contributed by atoms with Gasteiger partial charge >= 0.3 is 6.18 Å². The second-order valence-corrected chi connectivity index (χ2v) is 12.6. The van der Waals surface area contributed by atoms with Gasteiger partial charge in [-0.1, -0.05) is 12.8 Å². The number of anilines is 2. The molecule has 1 aromatic heterocycles. The van der Waals surface area contributed by atoms with Crippen LogP contribution in [-0.2, 0) is 27.4 Å². The molecule has 1 fully saturated rings. The number of hydrogen-bond acceptors (Lipinski definition) is 8. The number of rotatable bonds is 13. The highest BCUT2D eigenvalue weighted by atomic mass is 32.2. The van der Waals surface area contributed by atoms with Crippen LogP contribution in [0.5, 0.6) is 5.75 Å². The van der Waals surface area contributed by atoms with E-state index in [1.807, 2.05) is 0 Å². The highest BCUT2D eigenvalue weighted by Gasteiger charge is 2.36.